The number of sulfonamides is 1. The van der Waals surface area contributed by atoms with Gasteiger partial charge in [-0.3, -0.25) is 4.72 Å². The third kappa shape index (κ3) is 2.84. The number of nitrogens with one attached hydrogen (secondary N) is 1. The van der Waals surface area contributed by atoms with Crippen LogP contribution in [0.3, 0.4) is 0 Å². The third-order valence-corrected chi connectivity index (χ3v) is 5.12. The van der Waals surface area contributed by atoms with E-state index in [2.05, 4.69) is 9.71 Å². The van der Waals surface area contributed by atoms with Gasteiger partial charge >= 0.3 is 0 Å². The van der Waals surface area contributed by atoms with Crippen molar-refractivity contribution in [3.8, 4) is 0 Å². The molecule has 3 N–H and O–H groups in total. The summed E-state index contributed by atoms with van der Waals surface area (Å²) >= 11 is 1.46. The van der Waals surface area contributed by atoms with Gasteiger partial charge in [0.25, 0.3) is 10.0 Å². The Morgan fingerprint density at radius 1 is 1.19 bits per heavy atom. The van der Waals surface area contributed by atoms with Crippen molar-refractivity contribution in [1.82, 2.24) is 4.98 Å². The molecule has 0 bridgehead atoms. The van der Waals surface area contributed by atoms with Crippen LogP contribution in [0.4, 0.5) is 11.4 Å². The lowest BCUT2D eigenvalue weighted by molar-refractivity contribution is 0.601. The average molecular weight is 319 g/mol. The zero-order valence-electron chi connectivity index (χ0n) is 11.2. The first kappa shape index (κ1) is 13.8. The van der Waals surface area contributed by atoms with Gasteiger partial charge in [-0.05, 0) is 48.9 Å². The fourth-order valence-corrected chi connectivity index (χ4v) is 3.97. The van der Waals surface area contributed by atoms with Crippen molar-refractivity contribution in [1.29, 1.82) is 0 Å². The molecule has 3 aromatic rings. The van der Waals surface area contributed by atoms with Crippen molar-refractivity contribution in [2.24, 2.45) is 0 Å². The van der Waals surface area contributed by atoms with Crippen LogP contribution in [0.25, 0.3) is 10.2 Å². The second-order valence-corrected chi connectivity index (χ2v) is 7.29. The van der Waals surface area contributed by atoms with Crippen LogP contribution in [0, 0.1) is 6.92 Å². The number of nitrogens with two attached hydrogens (primary N) is 1. The molecule has 3 rings (SSSR count). The molecule has 0 saturated carbocycles. The molecule has 0 fully saturated rings. The number of thiazole rings is 1. The number of nitrogens with zero attached hydrogens (tertiary/aromatic N) is 1. The van der Waals surface area contributed by atoms with E-state index in [1.807, 2.05) is 0 Å². The van der Waals surface area contributed by atoms with E-state index in [9.17, 15) is 8.42 Å². The molecule has 0 amide bonds. The van der Waals surface area contributed by atoms with Crippen molar-refractivity contribution >= 4 is 43.0 Å². The highest BCUT2D eigenvalue weighted by molar-refractivity contribution is 7.92. The van der Waals surface area contributed by atoms with Gasteiger partial charge in [0.15, 0.2) is 0 Å². The lowest BCUT2D eigenvalue weighted by Crippen LogP contribution is -2.13. The molecule has 1 aromatic heterocycles. The molecule has 5 nitrogen and oxygen atoms in total. The maximum atomic E-state index is 12.4. The number of hydrogen-bond donors (Lipinski definition) is 2. The summed E-state index contributed by atoms with van der Waals surface area (Å²) in [7, 11) is -3.66. The van der Waals surface area contributed by atoms with Gasteiger partial charge in [-0.2, -0.15) is 0 Å². The fourth-order valence-electron chi connectivity index (χ4n) is 2.06. The Bertz CT molecular complexity index is 897. The zero-order chi connectivity index (χ0) is 15.0. The maximum absolute atomic E-state index is 12.4. The maximum Gasteiger partial charge on any atom is 0.261 e. The number of fused-ring (bicyclic) bond motifs is 1. The SMILES string of the molecule is Cc1cc(N)cc(S(=O)(=O)Nc2ccc3ncsc3c2)c1. The molecular weight excluding hydrogens is 306 g/mol. The standard InChI is InChI=1S/C14H13N3O2S2/c1-9-4-10(15)6-12(5-9)21(18,19)17-11-2-3-13-14(7-11)20-8-16-13/h2-8,17H,15H2,1H3. The van der Waals surface area contributed by atoms with Gasteiger partial charge in [-0.1, -0.05) is 0 Å². The third-order valence-electron chi connectivity index (χ3n) is 2.97. The summed E-state index contributed by atoms with van der Waals surface area (Å²) in [6, 6.07) is 10.0. The summed E-state index contributed by atoms with van der Waals surface area (Å²) in [5, 5.41) is 0. The molecule has 0 aliphatic carbocycles. The molecule has 0 atom stereocenters. The van der Waals surface area contributed by atoms with Gasteiger partial charge in [0, 0.05) is 5.69 Å². The van der Waals surface area contributed by atoms with Crippen LogP contribution in [0.5, 0.6) is 0 Å². The summed E-state index contributed by atoms with van der Waals surface area (Å²) in [4.78, 5) is 4.32. The Morgan fingerprint density at radius 3 is 2.76 bits per heavy atom. The molecule has 0 aliphatic heterocycles. The highest BCUT2D eigenvalue weighted by Gasteiger charge is 2.15. The molecule has 0 radical (unpaired) electrons. The van der Waals surface area contributed by atoms with Crippen LogP contribution >= 0.6 is 11.3 Å². The van der Waals surface area contributed by atoms with E-state index < -0.39 is 10.0 Å². The van der Waals surface area contributed by atoms with E-state index in [1.54, 1.807) is 42.8 Å². The number of aryl methyl sites for hydroxylation is 1. The topological polar surface area (TPSA) is 85.1 Å². The lowest BCUT2D eigenvalue weighted by Gasteiger charge is -2.09. The first-order valence-electron chi connectivity index (χ1n) is 6.17. The second kappa shape index (κ2) is 5.01. The number of hydrogen-bond acceptors (Lipinski definition) is 5. The van der Waals surface area contributed by atoms with Gasteiger partial charge in [0.1, 0.15) is 0 Å². The highest BCUT2D eigenvalue weighted by Crippen LogP contribution is 2.24. The predicted molar refractivity (Wildman–Crippen MR) is 86.0 cm³/mol. The first-order chi connectivity index (χ1) is 9.94. The molecular formula is C14H13N3O2S2. The minimum Gasteiger partial charge on any atom is -0.399 e. The minimum atomic E-state index is -3.66. The van der Waals surface area contributed by atoms with Crippen molar-refractivity contribution in [3.05, 3.63) is 47.5 Å². The van der Waals surface area contributed by atoms with Crippen LogP contribution in [0.15, 0.2) is 46.8 Å². The second-order valence-electron chi connectivity index (χ2n) is 4.72. The first-order valence-corrected chi connectivity index (χ1v) is 8.53. The number of aromatic nitrogens is 1. The predicted octanol–water partition coefficient (Wildman–Crippen LogP) is 2.99. The van der Waals surface area contributed by atoms with Gasteiger partial charge in [0.2, 0.25) is 0 Å². The van der Waals surface area contributed by atoms with Crippen LogP contribution in [0.1, 0.15) is 5.56 Å². The Balaban J connectivity index is 1.98. The van der Waals surface area contributed by atoms with E-state index in [0.29, 0.717) is 11.4 Å². The van der Waals surface area contributed by atoms with E-state index >= 15 is 0 Å². The summed E-state index contributed by atoms with van der Waals surface area (Å²) in [6.45, 7) is 1.80. The van der Waals surface area contributed by atoms with Gasteiger partial charge < -0.3 is 5.73 Å². The van der Waals surface area contributed by atoms with Crippen LogP contribution in [-0.4, -0.2) is 13.4 Å². The van der Waals surface area contributed by atoms with Gasteiger partial charge in [-0.15, -0.1) is 11.3 Å². The van der Waals surface area contributed by atoms with E-state index in [0.717, 1.165) is 15.8 Å². The zero-order valence-corrected chi connectivity index (χ0v) is 12.8. The summed E-state index contributed by atoms with van der Waals surface area (Å²) in [5.41, 5.74) is 10.0. The molecule has 0 unspecified atom stereocenters. The van der Waals surface area contributed by atoms with Crippen molar-refractivity contribution in [2.45, 2.75) is 11.8 Å². The largest absolute Gasteiger partial charge is 0.399 e. The van der Waals surface area contributed by atoms with E-state index in [-0.39, 0.29) is 4.90 Å². The summed E-state index contributed by atoms with van der Waals surface area (Å²) < 4.78 is 28.3. The lowest BCUT2D eigenvalue weighted by atomic mass is 10.2. The van der Waals surface area contributed by atoms with Crippen molar-refractivity contribution in [3.63, 3.8) is 0 Å². The van der Waals surface area contributed by atoms with Gasteiger partial charge in [0.05, 0.1) is 26.3 Å². The molecule has 1 heterocycles. The molecule has 21 heavy (non-hydrogen) atoms. The van der Waals surface area contributed by atoms with Crippen LogP contribution in [-0.2, 0) is 10.0 Å². The smallest absolute Gasteiger partial charge is 0.261 e. The molecule has 7 heteroatoms. The van der Waals surface area contributed by atoms with Crippen LogP contribution < -0.4 is 10.5 Å². The van der Waals surface area contributed by atoms with Crippen LogP contribution in [0.2, 0.25) is 0 Å². The monoisotopic (exact) mass is 319 g/mol. The van der Waals surface area contributed by atoms with E-state index in [4.69, 9.17) is 5.73 Å². The molecule has 0 aliphatic rings. The number of benzene rings is 2. The normalized spacial score (nSPS) is 11.7. The summed E-state index contributed by atoms with van der Waals surface area (Å²) in [6.07, 6.45) is 0. The Hall–Kier alpha value is -2.12. The summed E-state index contributed by atoms with van der Waals surface area (Å²) in [5.74, 6) is 0. The minimum absolute atomic E-state index is 0.157. The Morgan fingerprint density at radius 2 is 2.00 bits per heavy atom. The molecule has 2 aromatic carbocycles. The average Bonchev–Trinajstić information content (AvgIpc) is 2.84. The fraction of sp³-hybridized carbons (Fsp3) is 0.0714. The Labute approximate surface area is 126 Å². The van der Waals surface area contributed by atoms with Gasteiger partial charge in [-0.25, -0.2) is 13.4 Å². The number of nitrogen functional groups attached to an aromatic ring is 1. The molecule has 0 saturated heterocycles. The quantitative estimate of drug-likeness (QED) is 0.727. The van der Waals surface area contributed by atoms with E-state index in [1.165, 1.54) is 17.4 Å². The van der Waals surface area contributed by atoms with Crippen molar-refractivity contribution < 1.29 is 8.42 Å². The number of anilines is 2. The molecule has 108 valence electrons. The highest BCUT2D eigenvalue weighted by atomic mass is 32.2. The Kier molecular flexibility index (Phi) is 3.30. The molecule has 0 spiro atoms. The van der Waals surface area contributed by atoms with Crippen molar-refractivity contribution in [2.75, 3.05) is 10.5 Å². The number of rotatable bonds is 3.